The van der Waals surface area contributed by atoms with E-state index in [1.165, 1.54) is 27.5 Å². The lowest BCUT2D eigenvalue weighted by molar-refractivity contribution is 0.415. The molecule has 1 aliphatic carbocycles. The maximum absolute atomic E-state index is 5.32. The standard InChI is InChI=1S/C20H13NO/c1-22-14-9-8-13-10-17-15-6-2-4-12-5-3-7-16(19(12)15)20(17)21-18(13)11-14/h2-11H,1H3. The first-order valence-electron chi connectivity index (χ1n) is 7.36. The summed E-state index contributed by atoms with van der Waals surface area (Å²) in [5, 5.41) is 3.73. The first-order valence-corrected chi connectivity index (χ1v) is 7.36. The van der Waals surface area contributed by atoms with Crippen molar-refractivity contribution in [3.63, 3.8) is 0 Å². The third kappa shape index (κ3) is 1.41. The molecule has 0 N–H and O–H groups in total. The Morgan fingerprint density at radius 2 is 1.59 bits per heavy atom. The van der Waals surface area contributed by atoms with Gasteiger partial charge in [-0.3, -0.25) is 0 Å². The number of benzene rings is 3. The number of hydrogen-bond acceptors (Lipinski definition) is 2. The van der Waals surface area contributed by atoms with E-state index in [-0.39, 0.29) is 0 Å². The van der Waals surface area contributed by atoms with Crippen molar-refractivity contribution in [2.45, 2.75) is 0 Å². The van der Waals surface area contributed by atoms with E-state index in [1.807, 2.05) is 12.1 Å². The Morgan fingerprint density at radius 1 is 0.773 bits per heavy atom. The summed E-state index contributed by atoms with van der Waals surface area (Å²) in [6.07, 6.45) is 0. The minimum atomic E-state index is 0.841. The molecule has 0 aliphatic heterocycles. The first-order chi connectivity index (χ1) is 10.8. The van der Waals surface area contributed by atoms with Gasteiger partial charge in [-0.2, -0.15) is 0 Å². The number of hydrogen-bond donors (Lipinski definition) is 0. The van der Waals surface area contributed by atoms with Crippen LogP contribution in [0.15, 0.2) is 60.7 Å². The molecule has 0 atom stereocenters. The number of rotatable bonds is 1. The van der Waals surface area contributed by atoms with E-state index in [1.54, 1.807) is 7.11 Å². The molecule has 0 bridgehead atoms. The fourth-order valence-electron chi connectivity index (χ4n) is 3.45. The topological polar surface area (TPSA) is 22.1 Å². The molecule has 1 aliphatic rings. The van der Waals surface area contributed by atoms with Gasteiger partial charge in [0.25, 0.3) is 0 Å². The molecule has 0 unspecified atom stereocenters. The smallest absolute Gasteiger partial charge is 0.121 e. The van der Waals surface area contributed by atoms with Crippen LogP contribution in [0.2, 0.25) is 0 Å². The molecule has 0 spiro atoms. The molecule has 0 saturated heterocycles. The summed E-state index contributed by atoms with van der Waals surface area (Å²) in [7, 11) is 1.69. The number of nitrogens with zero attached hydrogens (tertiary/aromatic N) is 1. The summed E-state index contributed by atoms with van der Waals surface area (Å²) >= 11 is 0. The average molecular weight is 283 g/mol. The van der Waals surface area contributed by atoms with Crippen LogP contribution in [0, 0.1) is 0 Å². The van der Waals surface area contributed by atoms with Crippen LogP contribution >= 0.6 is 0 Å². The lowest BCUT2D eigenvalue weighted by atomic mass is 10.0. The van der Waals surface area contributed by atoms with Gasteiger partial charge < -0.3 is 4.74 Å². The lowest BCUT2D eigenvalue weighted by Crippen LogP contribution is -1.88. The highest BCUT2D eigenvalue weighted by Crippen LogP contribution is 2.47. The molecule has 0 fully saturated rings. The predicted octanol–water partition coefficient (Wildman–Crippen LogP) is 5.04. The van der Waals surface area contributed by atoms with Crippen LogP contribution in [0.1, 0.15) is 0 Å². The van der Waals surface area contributed by atoms with Gasteiger partial charge in [0.05, 0.1) is 18.3 Å². The van der Waals surface area contributed by atoms with Crippen LogP contribution in [-0.2, 0) is 0 Å². The normalized spacial score (nSPS) is 11.9. The minimum Gasteiger partial charge on any atom is -0.497 e. The zero-order valence-corrected chi connectivity index (χ0v) is 12.1. The Kier molecular flexibility index (Phi) is 2.18. The molecule has 22 heavy (non-hydrogen) atoms. The van der Waals surface area contributed by atoms with Gasteiger partial charge in [-0.15, -0.1) is 0 Å². The highest BCUT2D eigenvalue weighted by atomic mass is 16.5. The molecule has 0 amide bonds. The Bertz CT molecular complexity index is 1060. The van der Waals surface area contributed by atoms with Crippen molar-refractivity contribution in [1.82, 2.24) is 4.98 Å². The Hall–Kier alpha value is -2.87. The SMILES string of the molecule is COc1ccc2cc3c(nc2c1)-c1cccc2cccc-3c12. The van der Waals surface area contributed by atoms with Gasteiger partial charge in [0.2, 0.25) is 0 Å². The summed E-state index contributed by atoms with van der Waals surface area (Å²) in [6, 6.07) is 21.2. The molecule has 2 heteroatoms. The summed E-state index contributed by atoms with van der Waals surface area (Å²) in [5.41, 5.74) is 5.79. The number of ether oxygens (including phenoxy) is 1. The van der Waals surface area contributed by atoms with Crippen molar-refractivity contribution >= 4 is 21.7 Å². The van der Waals surface area contributed by atoms with E-state index in [2.05, 4.69) is 48.5 Å². The largest absolute Gasteiger partial charge is 0.497 e. The predicted molar refractivity (Wildman–Crippen MR) is 90.2 cm³/mol. The van der Waals surface area contributed by atoms with Crippen LogP contribution in [-0.4, -0.2) is 12.1 Å². The molecular weight excluding hydrogens is 270 g/mol. The van der Waals surface area contributed by atoms with Crippen molar-refractivity contribution < 1.29 is 4.74 Å². The van der Waals surface area contributed by atoms with Gasteiger partial charge >= 0.3 is 0 Å². The van der Waals surface area contributed by atoms with Crippen LogP contribution in [0.4, 0.5) is 0 Å². The van der Waals surface area contributed by atoms with Gasteiger partial charge in [-0.05, 0) is 34.5 Å². The number of fused-ring (bicyclic) bond motifs is 4. The molecule has 5 rings (SSSR count). The highest BCUT2D eigenvalue weighted by Gasteiger charge is 2.22. The molecule has 1 heterocycles. The molecule has 4 aromatic rings. The zero-order chi connectivity index (χ0) is 14.7. The van der Waals surface area contributed by atoms with E-state index < -0.39 is 0 Å². The lowest BCUT2D eigenvalue weighted by Gasteiger charge is -2.06. The van der Waals surface area contributed by atoms with Crippen LogP contribution in [0.5, 0.6) is 5.75 Å². The van der Waals surface area contributed by atoms with Gasteiger partial charge in [-0.1, -0.05) is 36.4 Å². The van der Waals surface area contributed by atoms with Crippen LogP contribution in [0.25, 0.3) is 44.1 Å². The second-order valence-corrected chi connectivity index (χ2v) is 5.65. The van der Waals surface area contributed by atoms with E-state index in [4.69, 9.17) is 9.72 Å². The second-order valence-electron chi connectivity index (χ2n) is 5.65. The fraction of sp³-hybridized carbons (Fsp3) is 0.0500. The second kappa shape index (κ2) is 4.08. The fourth-order valence-corrected chi connectivity index (χ4v) is 3.45. The van der Waals surface area contributed by atoms with Crippen molar-refractivity contribution in [3.05, 3.63) is 60.7 Å². The third-order valence-corrected chi connectivity index (χ3v) is 4.47. The maximum atomic E-state index is 5.32. The summed E-state index contributed by atoms with van der Waals surface area (Å²) in [6.45, 7) is 0. The van der Waals surface area contributed by atoms with Crippen molar-refractivity contribution in [2.24, 2.45) is 0 Å². The summed E-state index contributed by atoms with van der Waals surface area (Å²) in [4.78, 5) is 4.92. The zero-order valence-electron chi connectivity index (χ0n) is 12.1. The molecular formula is C20H13NO. The van der Waals surface area contributed by atoms with Crippen LogP contribution in [0.3, 0.4) is 0 Å². The van der Waals surface area contributed by atoms with Gasteiger partial charge in [0, 0.05) is 22.6 Å². The Balaban J connectivity index is 1.92. The third-order valence-electron chi connectivity index (χ3n) is 4.47. The van der Waals surface area contributed by atoms with Crippen LogP contribution < -0.4 is 4.74 Å². The highest BCUT2D eigenvalue weighted by molar-refractivity contribution is 6.15. The quantitative estimate of drug-likeness (QED) is 0.430. The Labute approximate surface area is 128 Å². The van der Waals surface area contributed by atoms with Gasteiger partial charge in [0.15, 0.2) is 0 Å². The number of aromatic nitrogens is 1. The monoisotopic (exact) mass is 283 g/mol. The van der Waals surface area contributed by atoms with E-state index in [0.29, 0.717) is 0 Å². The first kappa shape index (κ1) is 11.8. The van der Waals surface area contributed by atoms with Crippen molar-refractivity contribution in [2.75, 3.05) is 7.11 Å². The molecule has 2 nitrogen and oxygen atoms in total. The van der Waals surface area contributed by atoms with E-state index >= 15 is 0 Å². The maximum Gasteiger partial charge on any atom is 0.121 e. The van der Waals surface area contributed by atoms with Gasteiger partial charge in [0.1, 0.15) is 5.75 Å². The van der Waals surface area contributed by atoms with Gasteiger partial charge in [-0.25, -0.2) is 4.98 Å². The number of pyridine rings is 1. The molecule has 0 saturated carbocycles. The van der Waals surface area contributed by atoms with Crippen molar-refractivity contribution in [1.29, 1.82) is 0 Å². The molecule has 1 aromatic heterocycles. The molecule has 104 valence electrons. The Morgan fingerprint density at radius 3 is 2.41 bits per heavy atom. The summed E-state index contributed by atoms with van der Waals surface area (Å²) in [5.74, 6) is 0.841. The molecule has 3 aromatic carbocycles. The number of methoxy groups -OCH3 is 1. The van der Waals surface area contributed by atoms with Crippen molar-refractivity contribution in [3.8, 4) is 28.1 Å². The summed E-state index contributed by atoms with van der Waals surface area (Å²) < 4.78 is 5.32. The minimum absolute atomic E-state index is 0.841. The molecule has 0 radical (unpaired) electrons. The average Bonchev–Trinajstić information content (AvgIpc) is 2.88. The van der Waals surface area contributed by atoms with E-state index in [9.17, 15) is 0 Å². The van der Waals surface area contributed by atoms with E-state index in [0.717, 1.165) is 22.3 Å².